The highest BCUT2D eigenvalue weighted by Crippen LogP contribution is 2.39. The number of carbonyl (C=O) groups is 1. The first-order valence-corrected chi connectivity index (χ1v) is 8.62. The first-order chi connectivity index (χ1) is 12.9. The van der Waals surface area contributed by atoms with Crippen LogP contribution >= 0.6 is 0 Å². The number of nitrogen functional groups attached to an aromatic ring is 1. The zero-order valence-electron chi connectivity index (χ0n) is 15.9. The number of methoxy groups -OCH3 is 2. The Morgan fingerprint density at radius 1 is 1.07 bits per heavy atom. The van der Waals surface area contributed by atoms with E-state index in [0.717, 1.165) is 5.56 Å². The van der Waals surface area contributed by atoms with E-state index in [0.29, 0.717) is 39.8 Å². The molecule has 142 valence electrons. The van der Waals surface area contributed by atoms with E-state index in [-0.39, 0.29) is 18.5 Å². The van der Waals surface area contributed by atoms with Crippen molar-refractivity contribution in [3.05, 3.63) is 47.0 Å². The van der Waals surface area contributed by atoms with Crippen molar-refractivity contribution in [2.24, 2.45) is 5.92 Å². The van der Waals surface area contributed by atoms with Crippen molar-refractivity contribution in [1.82, 2.24) is 0 Å². The fourth-order valence-electron chi connectivity index (χ4n) is 2.91. The molecule has 0 aliphatic carbocycles. The van der Waals surface area contributed by atoms with E-state index in [9.17, 15) is 4.79 Å². The smallest absolute Gasteiger partial charge is 0.231 e. The van der Waals surface area contributed by atoms with Crippen LogP contribution in [0.25, 0.3) is 6.08 Å². The maximum absolute atomic E-state index is 13.1. The summed E-state index contributed by atoms with van der Waals surface area (Å²) >= 11 is 0. The van der Waals surface area contributed by atoms with Crippen LogP contribution in [-0.4, -0.2) is 26.8 Å². The number of ether oxygens (including phenoxy) is 4. The molecule has 0 amide bonds. The second-order valence-electron chi connectivity index (χ2n) is 6.49. The van der Waals surface area contributed by atoms with Gasteiger partial charge in [-0.25, -0.2) is 0 Å². The van der Waals surface area contributed by atoms with Crippen LogP contribution in [-0.2, 0) is 0 Å². The maximum Gasteiger partial charge on any atom is 0.231 e. The van der Waals surface area contributed by atoms with E-state index < -0.39 is 0 Å². The van der Waals surface area contributed by atoms with Gasteiger partial charge in [0.05, 0.1) is 19.9 Å². The summed E-state index contributed by atoms with van der Waals surface area (Å²) in [5, 5.41) is 0. The minimum atomic E-state index is -0.0944. The Bertz CT molecular complexity index is 902. The minimum absolute atomic E-state index is 0.00354. The zero-order valence-corrected chi connectivity index (χ0v) is 15.9. The molecule has 6 heteroatoms. The number of allylic oxidation sites excluding steroid dienone is 1. The minimum Gasteiger partial charge on any atom is -0.496 e. The molecule has 0 atom stereocenters. The Morgan fingerprint density at radius 3 is 2.37 bits per heavy atom. The number of anilines is 1. The average Bonchev–Trinajstić information content (AvgIpc) is 3.12. The number of fused-ring (bicyclic) bond motifs is 1. The van der Waals surface area contributed by atoms with Crippen LogP contribution in [0.4, 0.5) is 5.69 Å². The van der Waals surface area contributed by atoms with Crippen LogP contribution in [0.5, 0.6) is 23.0 Å². The molecule has 0 aromatic heterocycles. The van der Waals surface area contributed by atoms with Crippen molar-refractivity contribution in [3.63, 3.8) is 0 Å². The first-order valence-electron chi connectivity index (χ1n) is 8.62. The van der Waals surface area contributed by atoms with E-state index >= 15 is 0 Å². The number of hydrogen-bond acceptors (Lipinski definition) is 6. The third-order valence-corrected chi connectivity index (χ3v) is 4.42. The lowest BCUT2D eigenvalue weighted by Crippen LogP contribution is -2.10. The number of hydrogen-bond donors (Lipinski definition) is 1. The summed E-state index contributed by atoms with van der Waals surface area (Å²) in [5.41, 5.74) is 8.25. The van der Waals surface area contributed by atoms with Gasteiger partial charge in [0.15, 0.2) is 17.3 Å². The molecule has 0 saturated heterocycles. The van der Waals surface area contributed by atoms with Gasteiger partial charge in [0.1, 0.15) is 11.5 Å². The summed E-state index contributed by atoms with van der Waals surface area (Å²) in [6.07, 6.45) is 1.83. The molecule has 1 aliphatic rings. The highest BCUT2D eigenvalue weighted by Gasteiger charge is 2.21. The van der Waals surface area contributed by atoms with E-state index in [4.69, 9.17) is 24.7 Å². The molecule has 0 fully saturated rings. The SMILES string of the molecule is COc1cc(C(=O)/C(=C/c2cc3c(cc2OC)OCO3)C(C)C)ccc1N. The zero-order chi connectivity index (χ0) is 19.6. The van der Waals surface area contributed by atoms with Crippen LogP contribution in [0, 0.1) is 5.92 Å². The van der Waals surface area contributed by atoms with Crippen molar-refractivity contribution >= 4 is 17.5 Å². The van der Waals surface area contributed by atoms with Gasteiger partial charge in [0, 0.05) is 22.8 Å². The van der Waals surface area contributed by atoms with Crippen molar-refractivity contribution in [2.45, 2.75) is 13.8 Å². The Morgan fingerprint density at radius 2 is 1.74 bits per heavy atom. The molecule has 1 heterocycles. The van der Waals surface area contributed by atoms with Gasteiger partial charge in [0.25, 0.3) is 0 Å². The van der Waals surface area contributed by atoms with Crippen LogP contribution in [0.3, 0.4) is 0 Å². The van der Waals surface area contributed by atoms with Gasteiger partial charge in [-0.05, 0) is 36.3 Å². The summed E-state index contributed by atoms with van der Waals surface area (Å²) in [5.74, 6) is 2.25. The normalized spacial score (nSPS) is 13.0. The molecule has 0 bridgehead atoms. The molecule has 0 radical (unpaired) electrons. The molecule has 2 aromatic carbocycles. The van der Waals surface area contributed by atoms with E-state index in [1.54, 1.807) is 31.4 Å². The van der Waals surface area contributed by atoms with Crippen molar-refractivity contribution in [1.29, 1.82) is 0 Å². The third-order valence-electron chi connectivity index (χ3n) is 4.42. The molecular weight excluding hydrogens is 346 g/mol. The van der Waals surface area contributed by atoms with E-state index in [1.165, 1.54) is 7.11 Å². The van der Waals surface area contributed by atoms with Crippen LogP contribution in [0.2, 0.25) is 0 Å². The Kier molecular flexibility index (Phi) is 5.26. The van der Waals surface area contributed by atoms with Crippen LogP contribution in [0.15, 0.2) is 35.9 Å². The second kappa shape index (κ2) is 7.61. The maximum atomic E-state index is 13.1. The third kappa shape index (κ3) is 3.69. The highest BCUT2D eigenvalue weighted by atomic mass is 16.7. The Hall–Kier alpha value is -3.15. The predicted molar refractivity (Wildman–Crippen MR) is 104 cm³/mol. The number of carbonyl (C=O) groups excluding carboxylic acids is 1. The topological polar surface area (TPSA) is 80.0 Å². The lowest BCUT2D eigenvalue weighted by Gasteiger charge is -2.14. The summed E-state index contributed by atoms with van der Waals surface area (Å²) in [4.78, 5) is 13.1. The largest absolute Gasteiger partial charge is 0.496 e. The van der Waals surface area contributed by atoms with Crippen molar-refractivity contribution in [2.75, 3.05) is 26.7 Å². The van der Waals surface area contributed by atoms with Crippen LogP contribution in [0.1, 0.15) is 29.8 Å². The lowest BCUT2D eigenvalue weighted by molar-refractivity contribution is 0.102. The monoisotopic (exact) mass is 369 g/mol. The molecule has 0 unspecified atom stereocenters. The summed E-state index contributed by atoms with van der Waals surface area (Å²) in [6.45, 7) is 4.11. The second-order valence-corrected chi connectivity index (χ2v) is 6.49. The number of Topliss-reactive ketones (excluding diaryl/α,β-unsaturated/α-hetero) is 1. The number of rotatable bonds is 6. The van der Waals surface area contributed by atoms with Gasteiger partial charge in [-0.3, -0.25) is 4.79 Å². The summed E-state index contributed by atoms with van der Waals surface area (Å²) in [6, 6.07) is 8.62. The van der Waals surface area contributed by atoms with E-state index in [1.807, 2.05) is 26.0 Å². The molecule has 0 spiro atoms. The fraction of sp³-hybridized carbons (Fsp3) is 0.286. The molecule has 3 rings (SSSR count). The lowest BCUT2D eigenvalue weighted by atomic mass is 9.92. The Balaban J connectivity index is 2.04. The van der Waals surface area contributed by atoms with Crippen LogP contribution < -0.4 is 24.7 Å². The average molecular weight is 369 g/mol. The quantitative estimate of drug-likeness (QED) is 0.472. The number of ketones is 1. The summed E-state index contributed by atoms with van der Waals surface area (Å²) < 4.78 is 21.5. The fourth-order valence-corrected chi connectivity index (χ4v) is 2.91. The van der Waals surface area contributed by atoms with Gasteiger partial charge < -0.3 is 24.7 Å². The molecule has 1 aliphatic heterocycles. The predicted octanol–water partition coefficient (Wildman–Crippen LogP) is 3.94. The summed E-state index contributed by atoms with van der Waals surface area (Å²) in [7, 11) is 3.10. The first kappa shape index (κ1) is 18.6. The van der Waals surface area contributed by atoms with Crippen molar-refractivity contribution < 1.29 is 23.7 Å². The molecule has 6 nitrogen and oxygen atoms in total. The highest BCUT2D eigenvalue weighted by molar-refractivity contribution is 6.12. The van der Waals surface area contributed by atoms with Gasteiger partial charge >= 0.3 is 0 Å². The molecule has 2 aromatic rings. The van der Waals surface area contributed by atoms with E-state index in [2.05, 4.69) is 0 Å². The molecule has 27 heavy (non-hydrogen) atoms. The standard InChI is InChI=1S/C21H23NO5/c1-12(2)15(21(23)13-5-6-16(22)18(8-13)25-4)7-14-9-19-20(27-11-26-19)10-17(14)24-3/h5-10,12H,11,22H2,1-4H3/b15-7+. The van der Waals surface area contributed by atoms with Crippen molar-refractivity contribution in [3.8, 4) is 23.0 Å². The number of nitrogens with two attached hydrogens (primary N) is 1. The van der Waals surface area contributed by atoms with Gasteiger partial charge in [-0.15, -0.1) is 0 Å². The molecule has 2 N–H and O–H groups in total. The van der Waals surface area contributed by atoms with Gasteiger partial charge in [-0.1, -0.05) is 13.8 Å². The van der Waals surface area contributed by atoms with Gasteiger partial charge in [-0.2, -0.15) is 0 Å². The number of benzene rings is 2. The van der Waals surface area contributed by atoms with Gasteiger partial charge in [0.2, 0.25) is 6.79 Å². The molecule has 0 saturated carbocycles. The Labute approximate surface area is 158 Å². The molecular formula is C21H23NO5.